The molecule has 88 valence electrons. The molecule has 1 aromatic rings. The maximum absolute atomic E-state index is 9.23. The molecule has 0 aliphatic heterocycles. The largest absolute Gasteiger partial charge is 0.393 e. The number of hydrogen-bond donors (Lipinski definition) is 2. The van der Waals surface area contributed by atoms with Crippen LogP contribution in [0.1, 0.15) is 37.8 Å². The second kappa shape index (κ2) is 5.46. The van der Waals surface area contributed by atoms with Crippen molar-refractivity contribution in [2.24, 2.45) is 5.92 Å². The summed E-state index contributed by atoms with van der Waals surface area (Å²) < 4.78 is 0. The van der Waals surface area contributed by atoms with Gasteiger partial charge >= 0.3 is 0 Å². The zero-order valence-electron chi connectivity index (χ0n) is 9.89. The average molecular weight is 219 g/mol. The number of aliphatic hydroxyl groups is 1. The first-order valence-electron chi connectivity index (χ1n) is 6.26. The predicted octanol–water partition coefficient (Wildman–Crippen LogP) is 2.50. The van der Waals surface area contributed by atoms with Gasteiger partial charge in [-0.1, -0.05) is 37.3 Å². The first kappa shape index (κ1) is 11.6. The lowest BCUT2D eigenvalue weighted by Crippen LogP contribution is -2.37. The van der Waals surface area contributed by atoms with Gasteiger partial charge in [-0.25, -0.2) is 0 Å². The summed E-state index contributed by atoms with van der Waals surface area (Å²) in [6.45, 7) is 3.24. The molecular formula is C14H21NO. The highest BCUT2D eigenvalue weighted by atomic mass is 16.3. The minimum atomic E-state index is -0.0383. The second-order valence-electron chi connectivity index (χ2n) is 4.77. The quantitative estimate of drug-likeness (QED) is 0.797. The van der Waals surface area contributed by atoms with Gasteiger partial charge in [0.15, 0.2) is 0 Å². The lowest BCUT2D eigenvalue weighted by atomic mass is 9.82. The first-order chi connectivity index (χ1) is 7.79. The molecule has 0 aromatic heterocycles. The summed E-state index contributed by atoms with van der Waals surface area (Å²) in [5.41, 5.74) is 1.37. The van der Waals surface area contributed by atoms with Gasteiger partial charge in [0, 0.05) is 6.04 Å². The summed E-state index contributed by atoms with van der Waals surface area (Å²) in [7, 11) is 0. The van der Waals surface area contributed by atoms with Crippen molar-refractivity contribution < 1.29 is 5.11 Å². The monoisotopic (exact) mass is 219 g/mol. The molecule has 1 aliphatic rings. The van der Waals surface area contributed by atoms with Crippen molar-refractivity contribution in [1.82, 2.24) is 5.32 Å². The predicted molar refractivity (Wildman–Crippen MR) is 66.2 cm³/mol. The van der Waals surface area contributed by atoms with E-state index >= 15 is 0 Å². The van der Waals surface area contributed by atoms with Crippen LogP contribution in [-0.4, -0.2) is 17.8 Å². The molecule has 0 saturated heterocycles. The van der Waals surface area contributed by atoms with E-state index in [0.717, 1.165) is 25.8 Å². The fraction of sp³-hybridized carbons (Fsp3) is 0.571. The Morgan fingerprint density at radius 3 is 2.56 bits per heavy atom. The molecule has 2 heteroatoms. The molecule has 16 heavy (non-hydrogen) atoms. The maximum Gasteiger partial charge on any atom is 0.0546 e. The van der Waals surface area contributed by atoms with Crippen LogP contribution in [0.5, 0.6) is 0 Å². The SMILES string of the molecule is CCC(NCC1CC(O)C1)c1ccccc1. The summed E-state index contributed by atoms with van der Waals surface area (Å²) in [6.07, 6.45) is 3.01. The molecule has 2 rings (SSSR count). The lowest BCUT2D eigenvalue weighted by Gasteiger charge is -2.33. The van der Waals surface area contributed by atoms with Crippen LogP contribution in [0.4, 0.5) is 0 Å². The number of benzene rings is 1. The highest BCUT2D eigenvalue weighted by molar-refractivity contribution is 5.18. The summed E-state index contributed by atoms with van der Waals surface area (Å²) in [5, 5.41) is 12.8. The highest BCUT2D eigenvalue weighted by Gasteiger charge is 2.27. The van der Waals surface area contributed by atoms with Crippen molar-refractivity contribution in [3.8, 4) is 0 Å². The van der Waals surface area contributed by atoms with Crippen molar-refractivity contribution in [2.75, 3.05) is 6.54 Å². The Labute approximate surface area is 97.7 Å². The number of nitrogens with one attached hydrogen (secondary N) is 1. The van der Waals surface area contributed by atoms with Crippen molar-refractivity contribution in [1.29, 1.82) is 0 Å². The van der Waals surface area contributed by atoms with Gasteiger partial charge in [-0.15, -0.1) is 0 Å². The molecule has 0 spiro atoms. The Morgan fingerprint density at radius 2 is 2.00 bits per heavy atom. The van der Waals surface area contributed by atoms with Gasteiger partial charge in [0.25, 0.3) is 0 Å². The zero-order valence-corrected chi connectivity index (χ0v) is 9.89. The van der Waals surface area contributed by atoms with Crippen molar-refractivity contribution in [2.45, 2.75) is 38.3 Å². The Bertz CT molecular complexity index is 306. The van der Waals surface area contributed by atoms with E-state index in [9.17, 15) is 5.11 Å². The number of hydrogen-bond acceptors (Lipinski definition) is 2. The van der Waals surface area contributed by atoms with Crippen LogP contribution in [0.15, 0.2) is 30.3 Å². The van der Waals surface area contributed by atoms with E-state index in [0.29, 0.717) is 12.0 Å². The molecular weight excluding hydrogens is 198 g/mol. The normalized spacial score (nSPS) is 26.1. The highest BCUT2D eigenvalue weighted by Crippen LogP contribution is 2.27. The van der Waals surface area contributed by atoms with Crippen molar-refractivity contribution in [3.05, 3.63) is 35.9 Å². The van der Waals surface area contributed by atoms with Crippen molar-refractivity contribution >= 4 is 0 Å². The zero-order chi connectivity index (χ0) is 11.4. The Morgan fingerprint density at radius 1 is 1.31 bits per heavy atom. The van der Waals surface area contributed by atoms with Crippen LogP contribution in [0.25, 0.3) is 0 Å². The second-order valence-corrected chi connectivity index (χ2v) is 4.77. The molecule has 0 bridgehead atoms. The third kappa shape index (κ3) is 2.83. The molecule has 1 unspecified atom stereocenters. The van der Waals surface area contributed by atoms with E-state index in [1.165, 1.54) is 5.56 Å². The number of aliphatic hydroxyl groups excluding tert-OH is 1. The third-order valence-electron chi connectivity index (χ3n) is 3.47. The minimum Gasteiger partial charge on any atom is -0.393 e. The molecule has 1 fully saturated rings. The third-order valence-corrected chi connectivity index (χ3v) is 3.47. The topological polar surface area (TPSA) is 32.3 Å². The summed E-state index contributed by atoms with van der Waals surface area (Å²) >= 11 is 0. The van der Waals surface area contributed by atoms with E-state index in [1.807, 2.05) is 0 Å². The van der Waals surface area contributed by atoms with Crippen LogP contribution in [-0.2, 0) is 0 Å². The standard InChI is InChI=1S/C14H21NO/c1-2-14(12-6-4-3-5-7-12)15-10-11-8-13(16)9-11/h3-7,11,13-16H,2,8-10H2,1H3. The van der Waals surface area contributed by atoms with E-state index in [4.69, 9.17) is 0 Å². The average Bonchev–Trinajstić information content (AvgIpc) is 2.28. The first-order valence-corrected chi connectivity index (χ1v) is 6.26. The van der Waals surface area contributed by atoms with Gasteiger partial charge in [0.05, 0.1) is 6.10 Å². The van der Waals surface area contributed by atoms with E-state index in [-0.39, 0.29) is 6.10 Å². The molecule has 0 heterocycles. The fourth-order valence-corrected chi connectivity index (χ4v) is 2.36. The van der Waals surface area contributed by atoms with Gasteiger partial charge < -0.3 is 10.4 Å². The van der Waals surface area contributed by atoms with E-state index in [1.54, 1.807) is 0 Å². The molecule has 1 saturated carbocycles. The molecule has 0 radical (unpaired) electrons. The van der Waals surface area contributed by atoms with Crippen LogP contribution in [0.3, 0.4) is 0 Å². The fourth-order valence-electron chi connectivity index (χ4n) is 2.36. The molecule has 1 atom stereocenters. The lowest BCUT2D eigenvalue weighted by molar-refractivity contribution is 0.0418. The van der Waals surface area contributed by atoms with Crippen LogP contribution in [0, 0.1) is 5.92 Å². The van der Waals surface area contributed by atoms with Gasteiger partial charge in [0.1, 0.15) is 0 Å². The molecule has 1 aliphatic carbocycles. The van der Waals surface area contributed by atoms with E-state index < -0.39 is 0 Å². The van der Waals surface area contributed by atoms with Crippen molar-refractivity contribution in [3.63, 3.8) is 0 Å². The van der Waals surface area contributed by atoms with Gasteiger partial charge in [-0.3, -0.25) is 0 Å². The Balaban J connectivity index is 1.82. The molecule has 0 amide bonds. The van der Waals surface area contributed by atoms with Gasteiger partial charge in [-0.05, 0) is 37.3 Å². The molecule has 2 nitrogen and oxygen atoms in total. The Kier molecular flexibility index (Phi) is 3.97. The summed E-state index contributed by atoms with van der Waals surface area (Å²) in [4.78, 5) is 0. The van der Waals surface area contributed by atoms with E-state index in [2.05, 4.69) is 42.6 Å². The molecule has 1 aromatic carbocycles. The smallest absolute Gasteiger partial charge is 0.0546 e. The van der Waals surface area contributed by atoms with Crippen LogP contribution < -0.4 is 5.32 Å². The number of rotatable bonds is 5. The molecule has 2 N–H and O–H groups in total. The van der Waals surface area contributed by atoms with Crippen LogP contribution >= 0.6 is 0 Å². The summed E-state index contributed by atoms with van der Waals surface area (Å²) in [5.74, 6) is 0.674. The maximum atomic E-state index is 9.23. The summed E-state index contributed by atoms with van der Waals surface area (Å²) in [6, 6.07) is 11.0. The minimum absolute atomic E-state index is 0.0383. The van der Waals surface area contributed by atoms with Crippen LogP contribution in [0.2, 0.25) is 0 Å². The van der Waals surface area contributed by atoms with Gasteiger partial charge in [0.2, 0.25) is 0 Å². The Hall–Kier alpha value is -0.860. The van der Waals surface area contributed by atoms with Gasteiger partial charge in [-0.2, -0.15) is 0 Å².